The summed E-state index contributed by atoms with van der Waals surface area (Å²) >= 11 is 0. The molecule has 0 aliphatic heterocycles. The molecule has 0 aliphatic carbocycles. The van der Waals surface area contributed by atoms with Gasteiger partial charge in [-0.1, -0.05) is 245 Å². The Morgan fingerprint density at radius 1 is 0.286 bits per heavy atom. The van der Waals surface area contributed by atoms with Crippen LogP contribution in [-0.4, -0.2) is 37.2 Å². The van der Waals surface area contributed by atoms with E-state index in [2.05, 4.69) is 20.8 Å². The van der Waals surface area contributed by atoms with Gasteiger partial charge in [0.2, 0.25) is 0 Å². The Labute approximate surface area is 348 Å². The topological polar surface area (TPSA) is 78.9 Å². The Balaban J connectivity index is 4.30. The SMILES string of the molecule is CCCCCCCCCCCCCCCCC(=O)OCC(COC(=O)CCCCCCCCCCCCC)OC(=O)CCCCCCCCCCCCCCC. The first-order valence-corrected chi connectivity index (χ1v) is 25.0. The summed E-state index contributed by atoms with van der Waals surface area (Å²) in [5, 5.41) is 0. The number of carbonyl (C=O) groups is 3. The first-order chi connectivity index (χ1) is 27.5. The van der Waals surface area contributed by atoms with E-state index in [9.17, 15) is 14.4 Å². The smallest absolute Gasteiger partial charge is 0.306 e. The number of ether oxygens (including phenoxy) is 3. The molecule has 0 N–H and O–H groups in total. The lowest BCUT2D eigenvalue weighted by Crippen LogP contribution is -2.30. The lowest BCUT2D eigenvalue weighted by atomic mass is 10.0. The first kappa shape index (κ1) is 54.4. The van der Waals surface area contributed by atoms with Crippen LogP contribution >= 0.6 is 0 Å². The molecule has 0 bridgehead atoms. The van der Waals surface area contributed by atoms with Crippen molar-refractivity contribution in [2.24, 2.45) is 0 Å². The van der Waals surface area contributed by atoms with Crippen molar-refractivity contribution < 1.29 is 28.6 Å². The largest absolute Gasteiger partial charge is 0.462 e. The Morgan fingerprint density at radius 2 is 0.482 bits per heavy atom. The number of esters is 3. The van der Waals surface area contributed by atoms with Crippen LogP contribution in [0, 0.1) is 0 Å². The third kappa shape index (κ3) is 43.5. The molecule has 0 fully saturated rings. The molecular weight excluding hydrogens is 697 g/mol. The zero-order chi connectivity index (χ0) is 40.8. The summed E-state index contributed by atoms with van der Waals surface area (Å²) in [6.07, 6.45) is 47.9. The van der Waals surface area contributed by atoms with Gasteiger partial charge in [-0.15, -0.1) is 0 Å². The predicted molar refractivity (Wildman–Crippen MR) is 238 cm³/mol. The second kappa shape index (κ2) is 46.1. The average molecular weight is 793 g/mol. The van der Waals surface area contributed by atoms with Crippen molar-refractivity contribution in [2.45, 2.75) is 290 Å². The van der Waals surface area contributed by atoms with Crippen LogP contribution in [0.2, 0.25) is 0 Å². The van der Waals surface area contributed by atoms with Crippen LogP contribution in [0.3, 0.4) is 0 Å². The van der Waals surface area contributed by atoms with Gasteiger partial charge in [0, 0.05) is 19.3 Å². The summed E-state index contributed by atoms with van der Waals surface area (Å²) < 4.78 is 16.8. The van der Waals surface area contributed by atoms with Crippen LogP contribution < -0.4 is 0 Å². The Morgan fingerprint density at radius 3 is 0.714 bits per heavy atom. The van der Waals surface area contributed by atoms with Gasteiger partial charge in [-0.2, -0.15) is 0 Å². The molecule has 0 spiro atoms. The third-order valence-electron chi connectivity index (χ3n) is 11.4. The van der Waals surface area contributed by atoms with E-state index in [1.54, 1.807) is 0 Å². The monoisotopic (exact) mass is 793 g/mol. The maximum Gasteiger partial charge on any atom is 0.306 e. The molecule has 0 saturated heterocycles. The molecule has 6 heteroatoms. The van der Waals surface area contributed by atoms with E-state index in [-0.39, 0.29) is 31.1 Å². The normalized spacial score (nSPS) is 11.8. The standard InChI is InChI=1S/C50H96O6/c1-4-7-10-13-16-19-22-24-26-28-31-34-37-40-43-49(52)55-46-47(45-54-48(51)42-39-36-33-30-27-21-18-15-12-9-6-3)56-50(53)44-41-38-35-32-29-25-23-20-17-14-11-8-5-2/h47H,4-46H2,1-3H3. The van der Waals surface area contributed by atoms with Gasteiger partial charge in [-0.05, 0) is 19.3 Å². The zero-order valence-corrected chi connectivity index (χ0v) is 37.9. The lowest BCUT2D eigenvalue weighted by molar-refractivity contribution is -0.167. The zero-order valence-electron chi connectivity index (χ0n) is 37.9. The van der Waals surface area contributed by atoms with Crippen LogP contribution in [0.25, 0.3) is 0 Å². The minimum absolute atomic E-state index is 0.0620. The van der Waals surface area contributed by atoms with E-state index in [4.69, 9.17) is 14.2 Å². The first-order valence-electron chi connectivity index (χ1n) is 25.0. The van der Waals surface area contributed by atoms with Crippen LogP contribution in [-0.2, 0) is 28.6 Å². The minimum Gasteiger partial charge on any atom is -0.462 e. The van der Waals surface area contributed by atoms with E-state index in [1.807, 2.05) is 0 Å². The van der Waals surface area contributed by atoms with Crippen molar-refractivity contribution in [3.8, 4) is 0 Å². The summed E-state index contributed by atoms with van der Waals surface area (Å²) in [4.78, 5) is 37.8. The highest BCUT2D eigenvalue weighted by molar-refractivity contribution is 5.71. The second-order valence-electron chi connectivity index (χ2n) is 17.1. The van der Waals surface area contributed by atoms with Gasteiger partial charge in [0.1, 0.15) is 13.2 Å². The summed E-state index contributed by atoms with van der Waals surface area (Å²) in [6.45, 7) is 6.66. The Bertz CT molecular complexity index is 828. The van der Waals surface area contributed by atoms with Crippen LogP contribution in [0.5, 0.6) is 0 Å². The average Bonchev–Trinajstić information content (AvgIpc) is 3.19. The molecule has 0 aromatic rings. The molecule has 0 saturated carbocycles. The van der Waals surface area contributed by atoms with Gasteiger partial charge in [0.25, 0.3) is 0 Å². The molecule has 0 radical (unpaired) electrons. The maximum atomic E-state index is 12.7. The lowest BCUT2D eigenvalue weighted by Gasteiger charge is -2.18. The van der Waals surface area contributed by atoms with Crippen molar-refractivity contribution in [2.75, 3.05) is 13.2 Å². The molecule has 0 aromatic heterocycles. The van der Waals surface area contributed by atoms with Crippen LogP contribution in [0.4, 0.5) is 0 Å². The van der Waals surface area contributed by atoms with Crippen molar-refractivity contribution in [3.63, 3.8) is 0 Å². The van der Waals surface area contributed by atoms with Gasteiger partial charge in [-0.25, -0.2) is 0 Å². The van der Waals surface area contributed by atoms with Crippen LogP contribution in [0.1, 0.15) is 284 Å². The number of hydrogen-bond donors (Lipinski definition) is 0. The Kier molecular flexibility index (Phi) is 44.8. The highest BCUT2D eigenvalue weighted by atomic mass is 16.6. The summed E-state index contributed by atoms with van der Waals surface area (Å²) in [7, 11) is 0. The minimum atomic E-state index is -0.758. The van der Waals surface area contributed by atoms with E-state index in [1.165, 1.54) is 186 Å². The molecule has 0 aromatic carbocycles. The van der Waals surface area contributed by atoms with Gasteiger partial charge in [-0.3, -0.25) is 14.4 Å². The van der Waals surface area contributed by atoms with Crippen molar-refractivity contribution in [3.05, 3.63) is 0 Å². The summed E-state index contributed by atoms with van der Waals surface area (Å²) in [5.74, 6) is -0.844. The van der Waals surface area contributed by atoms with Crippen molar-refractivity contribution in [1.29, 1.82) is 0 Å². The Hall–Kier alpha value is -1.59. The molecular formula is C50H96O6. The fraction of sp³-hybridized carbons (Fsp3) is 0.940. The number of rotatable bonds is 46. The molecule has 56 heavy (non-hydrogen) atoms. The van der Waals surface area contributed by atoms with E-state index >= 15 is 0 Å². The molecule has 332 valence electrons. The molecule has 1 atom stereocenters. The van der Waals surface area contributed by atoms with E-state index < -0.39 is 6.10 Å². The fourth-order valence-electron chi connectivity index (χ4n) is 7.56. The van der Waals surface area contributed by atoms with Crippen molar-refractivity contribution >= 4 is 17.9 Å². The predicted octanol–water partition coefficient (Wildman–Crippen LogP) is 16.0. The van der Waals surface area contributed by atoms with E-state index in [0.29, 0.717) is 19.3 Å². The highest BCUT2D eigenvalue weighted by Crippen LogP contribution is 2.16. The second-order valence-corrected chi connectivity index (χ2v) is 17.1. The quantitative estimate of drug-likeness (QED) is 0.0347. The molecule has 0 amide bonds. The maximum absolute atomic E-state index is 12.7. The van der Waals surface area contributed by atoms with Crippen LogP contribution in [0.15, 0.2) is 0 Å². The molecule has 6 nitrogen and oxygen atoms in total. The summed E-state index contributed by atoms with van der Waals surface area (Å²) in [6, 6.07) is 0. The molecule has 1 unspecified atom stereocenters. The van der Waals surface area contributed by atoms with Gasteiger partial charge >= 0.3 is 17.9 Å². The van der Waals surface area contributed by atoms with Crippen molar-refractivity contribution in [1.82, 2.24) is 0 Å². The molecule has 0 aliphatic rings. The number of carbonyl (C=O) groups excluding carboxylic acids is 3. The van der Waals surface area contributed by atoms with E-state index in [0.717, 1.165) is 57.8 Å². The summed E-state index contributed by atoms with van der Waals surface area (Å²) in [5.41, 5.74) is 0. The number of unbranched alkanes of at least 4 members (excludes halogenated alkanes) is 35. The molecule has 0 heterocycles. The third-order valence-corrected chi connectivity index (χ3v) is 11.4. The van der Waals surface area contributed by atoms with Gasteiger partial charge < -0.3 is 14.2 Å². The number of hydrogen-bond acceptors (Lipinski definition) is 6. The fourth-order valence-corrected chi connectivity index (χ4v) is 7.56. The van der Waals surface area contributed by atoms with Gasteiger partial charge in [0.05, 0.1) is 0 Å². The molecule has 0 rings (SSSR count). The van der Waals surface area contributed by atoms with Gasteiger partial charge in [0.15, 0.2) is 6.10 Å². The highest BCUT2D eigenvalue weighted by Gasteiger charge is 2.19.